The molecule has 1 heterocycles. The Hall–Kier alpha value is -2.29. The van der Waals surface area contributed by atoms with Gasteiger partial charge in [0.05, 0.1) is 5.56 Å². The van der Waals surface area contributed by atoms with Crippen LogP contribution in [0.4, 0.5) is 22.0 Å². The lowest BCUT2D eigenvalue weighted by Crippen LogP contribution is -2.34. The zero-order valence-corrected chi connectivity index (χ0v) is 13.4. The summed E-state index contributed by atoms with van der Waals surface area (Å²) in [6.45, 7) is 0.144. The molecule has 1 aliphatic rings. The Bertz CT molecular complexity index is 804. The number of nitrogens with two attached hydrogens (primary N) is 1. The molecule has 0 saturated heterocycles. The van der Waals surface area contributed by atoms with Crippen LogP contribution in [-0.4, -0.2) is 10.9 Å². The van der Waals surface area contributed by atoms with Gasteiger partial charge in [0, 0.05) is 18.5 Å². The van der Waals surface area contributed by atoms with Crippen molar-refractivity contribution in [1.82, 2.24) is 4.90 Å². The van der Waals surface area contributed by atoms with E-state index in [0.29, 0.717) is 11.1 Å². The van der Waals surface area contributed by atoms with Crippen LogP contribution in [0, 0.1) is 11.6 Å². The minimum Gasteiger partial charge on any atom is -0.369 e. The molecule has 3 nitrogen and oxygen atoms in total. The highest BCUT2D eigenvalue weighted by Gasteiger charge is 2.32. The van der Waals surface area contributed by atoms with E-state index in [1.54, 1.807) is 4.90 Å². The molecule has 0 saturated carbocycles. The summed E-state index contributed by atoms with van der Waals surface area (Å²) in [7, 11) is 0. The fraction of sp³-hybridized carbons (Fsp3) is 0.188. The largest absolute Gasteiger partial charge is 0.416 e. The molecule has 2 aromatic rings. The van der Waals surface area contributed by atoms with Crippen LogP contribution in [0.25, 0.3) is 0 Å². The third-order valence-corrected chi connectivity index (χ3v) is 4.70. The molecule has 0 amide bonds. The number of halogens is 5. The van der Waals surface area contributed by atoms with E-state index in [1.807, 2.05) is 0 Å². The topological polar surface area (TPSA) is 41.6 Å². The van der Waals surface area contributed by atoms with Crippen molar-refractivity contribution in [3.05, 3.63) is 70.8 Å². The number of hydrogen-bond acceptors (Lipinski definition) is 4. The fourth-order valence-corrected chi connectivity index (χ4v) is 3.30. The second kappa shape index (κ2) is 6.55. The van der Waals surface area contributed by atoms with E-state index < -0.39 is 28.7 Å². The number of benzene rings is 2. The van der Waals surface area contributed by atoms with E-state index in [0.717, 1.165) is 36.2 Å². The number of rotatable bonds is 3. The SMILES string of the molecule is NC1=NSC(c2ccc(C(F)(F)F)cc2)N1Cc1ccc(F)c(F)c1. The van der Waals surface area contributed by atoms with Gasteiger partial charge in [-0.2, -0.15) is 17.6 Å². The van der Waals surface area contributed by atoms with Crippen molar-refractivity contribution >= 4 is 17.9 Å². The monoisotopic (exact) mass is 373 g/mol. The lowest BCUT2D eigenvalue weighted by atomic mass is 10.1. The van der Waals surface area contributed by atoms with Gasteiger partial charge in [-0.3, -0.25) is 0 Å². The van der Waals surface area contributed by atoms with Crippen molar-refractivity contribution in [2.75, 3.05) is 0 Å². The van der Waals surface area contributed by atoms with Crippen LogP contribution in [0.15, 0.2) is 46.9 Å². The van der Waals surface area contributed by atoms with Crippen LogP contribution in [0.5, 0.6) is 0 Å². The molecule has 1 atom stereocenters. The highest BCUT2D eigenvalue weighted by molar-refractivity contribution is 7.98. The number of guanidine groups is 1. The molecule has 3 rings (SSSR count). The first-order valence-corrected chi connectivity index (χ1v) is 7.96. The van der Waals surface area contributed by atoms with Crippen LogP contribution in [0.3, 0.4) is 0 Å². The Kier molecular flexibility index (Phi) is 4.59. The average molecular weight is 373 g/mol. The summed E-state index contributed by atoms with van der Waals surface area (Å²) >= 11 is 1.09. The Morgan fingerprint density at radius 2 is 1.72 bits per heavy atom. The van der Waals surface area contributed by atoms with Gasteiger partial charge in [0.1, 0.15) is 5.37 Å². The summed E-state index contributed by atoms with van der Waals surface area (Å²) in [5.74, 6) is -1.77. The Balaban J connectivity index is 1.82. The Morgan fingerprint density at radius 1 is 1.04 bits per heavy atom. The normalized spacial score (nSPS) is 17.7. The summed E-state index contributed by atoms with van der Waals surface area (Å²) in [4.78, 5) is 1.61. The van der Waals surface area contributed by atoms with Crippen molar-refractivity contribution in [1.29, 1.82) is 0 Å². The first-order chi connectivity index (χ1) is 11.8. The first-order valence-electron chi connectivity index (χ1n) is 7.13. The molecule has 9 heteroatoms. The molecule has 0 aromatic heterocycles. The zero-order valence-electron chi connectivity index (χ0n) is 12.6. The molecule has 2 N–H and O–H groups in total. The molecule has 0 radical (unpaired) electrons. The number of alkyl halides is 3. The third-order valence-electron chi connectivity index (χ3n) is 3.68. The van der Waals surface area contributed by atoms with Crippen LogP contribution in [0.2, 0.25) is 0 Å². The second-order valence-corrected chi connectivity index (χ2v) is 6.24. The molecule has 0 fully saturated rings. The molecule has 132 valence electrons. The van der Waals surface area contributed by atoms with Crippen molar-refractivity contribution in [2.24, 2.45) is 10.1 Å². The number of hydrogen-bond donors (Lipinski definition) is 1. The Labute approximate surface area is 144 Å². The highest BCUT2D eigenvalue weighted by Crippen LogP contribution is 2.40. The van der Waals surface area contributed by atoms with E-state index in [4.69, 9.17) is 5.73 Å². The predicted octanol–water partition coefficient (Wildman–Crippen LogP) is 4.46. The predicted molar refractivity (Wildman–Crippen MR) is 85.3 cm³/mol. The fourth-order valence-electron chi connectivity index (χ4n) is 2.41. The van der Waals surface area contributed by atoms with Gasteiger partial charge in [-0.05, 0) is 35.4 Å². The molecular formula is C16H12F5N3S. The smallest absolute Gasteiger partial charge is 0.369 e. The molecule has 2 aromatic carbocycles. The van der Waals surface area contributed by atoms with Crippen molar-refractivity contribution in [2.45, 2.75) is 18.1 Å². The molecular weight excluding hydrogens is 361 g/mol. The average Bonchev–Trinajstić information content (AvgIpc) is 2.91. The van der Waals surface area contributed by atoms with Crippen LogP contribution < -0.4 is 5.73 Å². The molecule has 0 spiro atoms. The van der Waals surface area contributed by atoms with Gasteiger partial charge < -0.3 is 10.6 Å². The van der Waals surface area contributed by atoms with Crippen molar-refractivity contribution < 1.29 is 22.0 Å². The molecule has 0 aliphatic carbocycles. The van der Waals surface area contributed by atoms with Crippen molar-refractivity contribution in [3.63, 3.8) is 0 Å². The van der Waals surface area contributed by atoms with E-state index in [2.05, 4.69) is 4.40 Å². The van der Waals surface area contributed by atoms with Gasteiger partial charge in [0.2, 0.25) is 5.96 Å². The molecule has 1 unspecified atom stereocenters. The summed E-state index contributed by atoms with van der Waals surface area (Å²) in [6.07, 6.45) is -4.41. The van der Waals surface area contributed by atoms with Gasteiger partial charge in [0.15, 0.2) is 11.6 Å². The third kappa shape index (κ3) is 3.71. The highest BCUT2D eigenvalue weighted by atomic mass is 32.2. The quantitative estimate of drug-likeness (QED) is 0.638. The van der Waals surface area contributed by atoms with Gasteiger partial charge in [0.25, 0.3) is 0 Å². The Morgan fingerprint density at radius 3 is 2.32 bits per heavy atom. The van der Waals surface area contributed by atoms with Gasteiger partial charge in [-0.15, -0.1) is 0 Å². The number of nitrogens with zero attached hydrogens (tertiary/aromatic N) is 2. The summed E-state index contributed by atoms with van der Waals surface area (Å²) in [5, 5.41) is -0.449. The molecule has 0 bridgehead atoms. The maximum atomic E-state index is 13.4. The van der Waals surface area contributed by atoms with Gasteiger partial charge in [-0.1, -0.05) is 18.2 Å². The second-order valence-electron chi connectivity index (χ2n) is 5.40. The lowest BCUT2D eigenvalue weighted by molar-refractivity contribution is -0.137. The summed E-state index contributed by atoms with van der Waals surface area (Å²) < 4.78 is 68.4. The van der Waals surface area contributed by atoms with Crippen LogP contribution in [-0.2, 0) is 12.7 Å². The van der Waals surface area contributed by atoms with E-state index in [1.165, 1.54) is 18.2 Å². The van der Waals surface area contributed by atoms with Gasteiger partial charge in [-0.25, -0.2) is 8.78 Å². The standard InChI is InChI=1S/C16H12F5N3S/c17-12-6-1-9(7-13(12)18)8-24-14(25-23-15(24)22)10-2-4-11(5-3-10)16(19,20)21/h1-7,14H,8H2,(H2,22,23). The van der Waals surface area contributed by atoms with Crippen LogP contribution in [0.1, 0.15) is 22.1 Å². The minimum absolute atomic E-state index is 0.144. The van der Waals surface area contributed by atoms with Gasteiger partial charge >= 0.3 is 6.18 Å². The lowest BCUT2D eigenvalue weighted by Gasteiger charge is -2.25. The zero-order chi connectivity index (χ0) is 18.2. The van der Waals surface area contributed by atoms with E-state index in [-0.39, 0.29) is 12.5 Å². The summed E-state index contributed by atoms with van der Waals surface area (Å²) in [5.41, 5.74) is 6.12. The first kappa shape index (κ1) is 17.5. The van der Waals surface area contributed by atoms with E-state index in [9.17, 15) is 22.0 Å². The van der Waals surface area contributed by atoms with E-state index >= 15 is 0 Å². The van der Waals surface area contributed by atoms with Crippen molar-refractivity contribution in [3.8, 4) is 0 Å². The minimum atomic E-state index is -4.41. The van der Waals surface area contributed by atoms with Crippen LogP contribution >= 0.6 is 11.9 Å². The maximum Gasteiger partial charge on any atom is 0.416 e. The summed E-state index contributed by atoms with van der Waals surface area (Å²) in [6, 6.07) is 8.16. The molecule has 25 heavy (non-hydrogen) atoms. The molecule has 1 aliphatic heterocycles. The maximum absolute atomic E-state index is 13.4.